The zero-order valence-corrected chi connectivity index (χ0v) is 10.9. The van der Waals surface area contributed by atoms with E-state index in [-0.39, 0.29) is 0 Å². The number of rotatable bonds is 7. The van der Waals surface area contributed by atoms with Crippen molar-refractivity contribution >= 4 is 12.6 Å². The van der Waals surface area contributed by atoms with Crippen LogP contribution in [-0.2, 0) is 12.8 Å². The SMILES string of the molecule is CCCCc1cc(CCCC)cc(B(O)O)c1. The van der Waals surface area contributed by atoms with Crippen molar-refractivity contribution in [3.05, 3.63) is 29.3 Å². The Bertz CT molecular complexity index is 311. The average molecular weight is 234 g/mol. The minimum absolute atomic E-state index is 0.629. The summed E-state index contributed by atoms with van der Waals surface area (Å²) in [6, 6.07) is 6.03. The van der Waals surface area contributed by atoms with Crippen molar-refractivity contribution in [2.24, 2.45) is 0 Å². The van der Waals surface area contributed by atoms with Gasteiger partial charge in [-0.3, -0.25) is 0 Å². The molecular formula is C14H23BO2. The van der Waals surface area contributed by atoms with Gasteiger partial charge in [-0.25, -0.2) is 0 Å². The van der Waals surface area contributed by atoms with E-state index in [0.29, 0.717) is 5.46 Å². The molecule has 1 rings (SSSR count). The molecule has 0 aromatic heterocycles. The average Bonchev–Trinajstić information content (AvgIpc) is 2.33. The summed E-state index contributed by atoms with van der Waals surface area (Å²) in [6.07, 6.45) is 6.68. The molecule has 3 heteroatoms. The molecule has 17 heavy (non-hydrogen) atoms. The molecule has 0 radical (unpaired) electrons. The number of benzene rings is 1. The van der Waals surface area contributed by atoms with Gasteiger partial charge in [0.1, 0.15) is 0 Å². The van der Waals surface area contributed by atoms with Crippen molar-refractivity contribution in [2.45, 2.75) is 52.4 Å². The van der Waals surface area contributed by atoms with Crippen molar-refractivity contribution in [1.29, 1.82) is 0 Å². The second-order valence-electron chi connectivity index (χ2n) is 4.66. The van der Waals surface area contributed by atoms with E-state index in [1.54, 1.807) is 0 Å². The fourth-order valence-electron chi connectivity index (χ4n) is 1.99. The highest BCUT2D eigenvalue weighted by Crippen LogP contribution is 2.10. The van der Waals surface area contributed by atoms with E-state index in [4.69, 9.17) is 0 Å². The molecule has 0 aliphatic rings. The Hall–Kier alpha value is -0.795. The molecule has 0 aliphatic carbocycles. The van der Waals surface area contributed by atoms with Crippen molar-refractivity contribution in [3.63, 3.8) is 0 Å². The molecule has 0 amide bonds. The topological polar surface area (TPSA) is 40.5 Å². The zero-order chi connectivity index (χ0) is 12.7. The smallest absolute Gasteiger partial charge is 0.423 e. The van der Waals surface area contributed by atoms with Crippen LogP contribution in [0, 0.1) is 0 Å². The summed E-state index contributed by atoms with van der Waals surface area (Å²) in [5, 5.41) is 18.6. The van der Waals surface area contributed by atoms with Crippen LogP contribution in [-0.4, -0.2) is 17.2 Å². The molecule has 0 unspecified atom stereocenters. The van der Waals surface area contributed by atoms with Crippen LogP contribution < -0.4 is 5.46 Å². The van der Waals surface area contributed by atoms with Gasteiger partial charge in [-0.05, 0) is 42.3 Å². The molecule has 0 bridgehead atoms. The van der Waals surface area contributed by atoms with Crippen LogP contribution in [0.1, 0.15) is 50.7 Å². The van der Waals surface area contributed by atoms with Gasteiger partial charge in [0.25, 0.3) is 0 Å². The summed E-state index contributed by atoms with van der Waals surface area (Å²) in [5.41, 5.74) is 3.08. The molecule has 2 N–H and O–H groups in total. The van der Waals surface area contributed by atoms with Gasteiger partial charge in [-0.15, -0.1) is 0 Å². The number of hydrogen-bond acceptors (Lipinski definition) is 2. The highest BCUT2D eigenvalue weighted by atomic mass is 16.4. The Kier molecular flexibility index (Phi) is 6.31. The summed E-state index contributed by atoms with van der Waals surface area (Å²) in [7, 11) is -1.35. The largest absolute Gasteiger partial charge is 0.488 e. The highest BCUT2D eigenvalue weighted by molar-refractivity contribution is 6.58. The number of unbranched alkanes of at least 4 members (excludes halogenated alkanes) is 2. The maximum Gasteiger partial charge on any atom is 0.488 e. The third-order valence-corrected chi connectivity index (χ3v) is 3.01. The maximum absolute atomic E-state index is 9.28. The van der Waals surface area contributed by atoms with E-state index in [1.165, 1.54) is 11.1 Å². The van der Waals surface area contributed by atoms with Gasteiger partial charge in [0, 0.05) is 0 Å². The molecule has 0 saturated carbocycles. The molecule has 0 atom stereocenters. The van der Waals surface area contributed by atoms with Gasteiger partial charge in [-0.1, -0.05) is 44.9 Å². The Labute approximate surface area is 105 Å². The first kappa shape index (κ1) is 14.3. The van der Waals surface area contributed by atoms with Crippen LogP contribution in [0.15, 0.2) is 18.2 Å². The van der Waals surface area contributed by atoms with E-state index in [2.05, 4.69) is 19.9 Å². The van der Waals surface area contributed by atoms with Crippen molar-refractivity contribution in [1.82, 2.24) is 0 Å². The minimum atomic E-state index is -1.35. The Morgan fingerprint density at radius 1 is 0.882 bits per heavy atom. The summed E-state index contributed by atoms with van der Waals surface area (Å²) >= 11 is 0. The molecule has 94 valence electrons. The van der Waals surface area contributed by atoms with Crippen LogP contribution >= 0.6 is 0 Å². The first-order chi connectivity index (χ1) is 8.17. The fraction of sp³-hybridized carbons (Fsp3) is 0.571. The van der Waals surface area contributed by atoms with Crippen LogP contribution in [0.2, 0.25) is 0 Å². The Balaban J connectivity index is 2.84. The highest BCUT2D eigenvalue weighted by Gasteiger charge is 2.12. The third-order valence-electron chi connectivity index (χ3n) is 3.01. The summed E-state index contributed by atoms with van der Waals surface area (Å²) in [5.74, 6) is 0. The molecule has 0 heterocycles. The van der Waals surface area contributed by atoms with Crippen LogP contribution in [0.3, 0.4) is 0 Å². The van der Waals surface area contributed by atoms with Gasteiger partial charge in [0.15, 0.2) is 0 Å². The maximum atomic E-state index is 9.28. The van der Waals surface area contributed by atoms with Crippen molar-refractivity contribution in [2.75, 3.05) is 0 Å². The van der Waals surface area contributed by atoms with Crippen molar-refractivity contribution in [3.8, 4) is 0 Å². The van der Waals surface area contributed by atoms with E-state index in [1.807, 2.05) is 12.1 Å². The predicted molar refractivity (Wildman–Crippen MR) is 73.5 cm³/mol. The monoisotopic (exact) mass is 234 g/mol. The number of hydrogen-bond donors (Lipinski definition) is 2. The second-order valence-corrected chi connectivity index (χ2v) is 4.66. The van der Waals surface area contributed by atoms with Crippen LogP contribution in [0.4, 0.5) is 0 Å². The molecular weight excluding hydrogens is 211 g/mol. The van der Waals surface area contributed by atoms with Crippen LogP contribution in [0.25, 0.3) is 0 Å². The molecule has 1 aromatic rings. The minimum Gasteiger partial charge on any atom is -0.423 e. The van der Waals surface area contributed by atoms with Crippen molar-refractivity contribution < 1.29 is 10.0 Å². The summed E-state index contributed by atoms with van der Waals surface area (Å²) in [6.45, 7) is 4.34. The Morgan fingerprint density at radius 3 is 1.71 bits per heavy atom. The van der Waals surface area contributed by atoms with Gasteiger partial charge in [-0.2, -0.15) is 0 Å². The Morgan fingerprint density at radius 2 is 1.35 bits per heavy atom. The van der Waals surface area contributed by atoms with E-state index in [9.17, 15) is 10.0 Å². The summed E-state index contributed by atoms with van der Waals surface area (Å²) < 4.78 is 0. The lowest BCUT2D eigenvalue weighted by Gasteiger charge is -2.09. The lowest BCUT2D eigenvalue weighted by molar-refractivity contribution is 0.425. The number of aryl methyl sites for hydroxylation is 2. The molecule has 0 saturated heterocycles. The van der Waals surface area contributed by atoms with Gasteiger partial charge in [0.2, 0.25) is 0 Å². The fourth-order valence-corrected chi connectivity index (χ4v) is 1.99. The third kappa shape index (κ3) is 4.92. The first-order valence-electron chi connectivity index (χ1n) is 6.66. The van der Waals surface area contributed by atoms with E-state index in [0.717, 1.165) is 38.5 Å². The second kappa shape index (κ2) is 7.52. The van der Waals surface area contributed by atoms with Gasteiger partial charge in [0.05, 0.1) is 0 Å². The molecule has 2 nitrogen and oxygen atoms in total. The molecule has 1 aromatic carbocycles. The van der Waals surface area contributed by atoms with Gasteiger partial charge >= 0.3 is 7.12 Å². The van der Waals surface area contributed by atoms with Gasteiger partial charge < -0.3 is 10.0 Å². The lowest BCUT2D eigenvalue weighted by Crippen LogP contribution is -2.30. The predicted octanol–water partition coefficient (Wildman–Crippen LogP) is 2.05. The normalized spacial score (nSPS) is 10.6. The quantitative estimate of drug-likeness (QED) is 0.709. The molecule has 0 spiro atoms. The molecule has 0 fully saturated rings. The van der Waals surface area contributed by atoms with E-state index < -0.39 is 7.12 Å². The summed E-state index contributed by atoms with van der Waals surface area (Å²) in [4.78, 5) is 0. The first-order valence-corrected chi connectivity index (χ1v) is 6.66. The lowest BCUT2D eigenvalue weighted by atomic mass is 9.78. The molecule has 0 aliphatic heterocycles. The van der Waals surface area contributed by atoms with E-state index >= 15 is 0 Å². The van der Waals surface area contributed by atoms with Crippen LogP contribution in [0.5, 0.6) is 0 Å². The standard InChI is InChI=1S/C14H23BO2/c1-3-5-7-12-9-13(8-6-4-2)11-14(10-12)15(16)17/h9-11,16-17H,3-8H2,1-2H3. The zero-order valence-electron chi connectivity index (χ0n) is 10.9.